The van der Waals surface area contributed by atoms with Crippen molar-refractivity contribution in [3.8, 4) is 17.2 Å². The van der Waals surface area contributed by atoms with Gasteiger partial charge in [0.2, 0.25) is 5.91 Å². The van der Waals surface area contributed by atoms with Crippen LogP contribution < -0.4 is 25.7 Å². The number of carbonyl (C=O) groups is 4. The predicted molar refractivity (Wildman–Crippen MR) is 286 cm³/mol. The molecule has 5 bridgehead atoms. The third-order valence-electron chi connectivity index (χ3n) is 16.2. The molecule has 6 aliphatic heterocycles. The van der Waals surface area contributed by atoms with E-state index in [9.17, 15) is 44.0 Å². The number of amides is 2. The topological polar surface area (TPSA) is 233 Å². The first-order valence-electron chi connectivity index (χ1n) is 26.9. The Hall–Kier alpha value is -6.41. The molecule has 5 N–H and O–H groups in total. The lowest BCUT2D eigenvalue weighted by Gasteiger charge is -2.38. The first-order valence-corrected chi connectivity index (χ1v) is 26.9. The molecule has 2 saturated heterocycles. The van der Waals surface area contributed by atoms with E-state index in [4.69, 9.17) is 23.9 Å². The minimum Gasteiger partial charge on any atom is -0.507 e. The van der Waals surface area contributed by atoms with Crippen molar-refractivity contribution in [1.29, 1.82) is 0 Å². The molecule has 0 aliphatic carbocycles. The highest BCUT2D eigenvalue weighted by Gasteiger charge is 2.51. The summed E-state index contributed by atoms with van der Waals surface area (Å²) in [4.78, 5) is 72.4. The van der Waals surface area contributed by atoms with Crippen LogP contribution >= 0.6 is 0 Å². The zero-order valence-corrected chi connectivity index (χ0v) is 45.8. The van der Waals surface area contributed by atoms with Gasteiger partial charge < -0.3 is 59.4 Å². The van der Waals surface area contributed by atoms with Gasteiger partial charge in [-0.15, -0.1) is 0 Å². The van der Waals surface area contributed by atoms with E-state index >= 15 is 0 Å². The second kappa shape index (κ2) is 22.9. The maximum absolute atomic E-state index is 15.0. The van der Waals surface area contributed by atoms with Gasteiger partial charge in [0.25, 0.3) is 11.7 Å². The summed E-state index contributed by atoms with van der Waals surface area (Å²) in [5.41, 5.74) is 0.529. The molecule has 0 saturated carbocycles. The molecule has 19 heteroatoms. The van der Waals surface area contributed by atoms with Gasteiger partial charge in [-0.25, -0.2) is 9.38 Å². The zero-order valence-electron chi connectivity index (χ0n) is 45.8. The Morgan fingerprint density at radius 3 is 2.27 bits per heavy atom. The van der Waals surface area contributed by atoms with Crippen LogP contribution in [-0.4, -0.2) is 143 Å². The van der Waals surface area contributed by atoms with Crippen LogP contribution in [0.4, 0.5) is 15.8 Å². The number of hydrogen-bond acceptors (Lipinski definition) is 16. The van der Waals surface area contributed by atoms with E-state index in [0.29, 0.717) is 70.1 Å². The number of anilines is 2. The maximum Gasteiger partial charge on any atom is 0.315 e. The highest BCUT2D eigenvalue weighted by atomic mass is 19.1. The van der Waals surface area contributed by atoms with E-state index in [-0.39, 0.29) is 49.8 Å². The molecule has 2 amide bonds. The van der Waals surface area contributed by atoms with E-state index in [0.717, 1.165) is 12.2 Å². The Balaban J connectivity index is 1.14. The molecule has 77 heavy (non-hydrogen) atoms. The minimum atomic E-state index is -2.03. The van der Waals surface area contributed by atoms with Gasteiger partial charge in [0.05, 0.1) is 41.2 Å². The van der Waals surface area contributed by atoms with E-state index in [2.05, 4.69) is 34.0 Å². The molecular formula is C58H75FN6O12. The van der Waals surface area contributed by atoms with Crippen LogP contribution in [0.5, 0.6) is 17.2 Å². The first-order chi connectivity index (χ1) is 36.5. The Morgan fingerprint density at radius 1 is 0.896 bits per heavy atom. The van der Waals surface area contributed by atoms with Gasteiger partial charge in [-0.05, 0) is 56.5 Å². The monoisotopic (exact) mass is 1070 g/mol. The second-order valence-electron chi connectivity index (χ2n) is 22.2. The number of phenols is 2. The summed E-state index contributed by atoms with van der Waals surface area (Å²) in [7, 11) is 1.43. The lowest BCUT2D eigenvalue weighted by atomic mass is 9.78. The molecule has 3 aromatic carbocycles. The van der Waals surface area contributed by atoms with E-state index in [1.807, 2.05) is 0 Å². The summed E-state index contributed by atoms with van der Waals surface area (Å²) in [6.45, 7) is 19.8. The lowest BCUT2D eigenvalue weighted by molar-refractivity contribution is -0.165. The van der Waals surface area contributed by atoms with Gasteiger partial charge in [0.15, 0.2) is 5.75 Å². The van der Waals surface area contributed by atoms with Gasteiger partial charge >= 0.3 is 11.8 Å². The maximum atomic E-state index is 15.0. The zero-order chi connectivity index (χ0) is 55.8. The number of fused-ring (bicyclic) bond motifs is 13. The number of Topliss-reactive ketones (excluding diaryl/α,β-unsaturated/α-hetero) is 1. The largest absolute Gasteiger partial charge is 0.507 e. The molecule has 416 valence electrons. The fraction of sp³-hybridized carbons (Fsp3) is 0.552. The summed E-state index contributed by atoms with van der Waals surface area (Å²) in [6.07, 6.45) is 4.24. The number of rotatable bonds is 7. The summed E-state index contributed by atoms with van der Waals surface area (Å²) in [5, 5.41) is 51.5. The Kier molecular flexibility index (Phi) is 16.9. The summed E-state index contributed by atoms with van der Waals surface area (Å²) in [6, 6.07) is 6.15. The molecule has 18 nitrogen and oxygen atoms in total. The van der Waals surface area contributed by atoms with Crippen molar-refractivity contribution >= 4 is 45.7 Å². The van der Waals surface area contributed by atoms with Crippen LogP contribution in [-0.2, 0) is 28.6 Å². The fourth-order valence-electron chi connectivity index (χ4n) is 11.6. The normalized spacial score (nSPS) is 29.7. The SMILES string of the molecule is CO[C@H]1/C=C/O[C@@]2(C)Oc3c(C)c(O)c4c(O)c(c5c(c4c3C2=O)NC2(CCN(CC(C)C)CC2)N=5)=NC(=O)/C(C)=C\C=C\[C@H](C)[C@H](O)[C@@H](C)[C@@H](O)[C@@H](C)[C@H](OC(=O)CC(=O)N2CCCN(c3ccc(F)cc3)CC2)[C@@H]1C. The van der Waals surface area contributed by atoms with Crippen molar-refractivity contribution in [3.63, 3.8) is 0 Å². The summed E-state index contributed by atoms with van der Waals surface area (Å²) in [5.74, 6) is -8.50. The average Bonchev–Trinajstić information content (AvgIpc) is 3.94. The standard InChI is InChI=1S/C58H75FN6O12/c1-31(2)30-63-24-20-58(21-25-63)61-46-43-44-51(70)37(8)54-45(43)55(72)57(9,77-54)75-28-19-40(74-10)34(5)53(76-42(67)29-41(66)65-23-12-22-64(26-27-65)39-17-15-38(59)16-18-39)36(7)50(69)35(6)49(68)32(3)13-11-14-33(4)56(73)60-48(52(44)71)47(46)62-58/h11,13-19,28,31-32,34-36,40,49-50,53,61,68-71H,12,20-27,29-30H2,1-10H3/b13-11+,28-19+,33-14-,60-48?/t32-,34+,35+,36+,40-,49-,50+,53+,57-/m0/s1. The number of aliphatic hydroxyl groups excluding tert-OH is 2. The number of nitrogens with one attached hydrogen (secondary N) is 1. The van der Waals surface area contributed by atoms with E-state index in [1.54, 1.807) is 63.8 Å². The van der Waals surface area contributed by atoms with Crippen molar-refractivity contribution in [3.05, 3.63) is 88.1 Å². The number of piperidine rings is 1. The molecule has 1 spiro atoms. The number of aliphatic hydroxyl groups is 2. The molecule has 6 heterocycles. The van der Waals surface area contributed by atoms with Crippen molar-refractivity contribution in [2.45, 2.75) is 124 Å². The van der Waals surface area contributed by atoms with Gasteiger partial charge in [-0.3, -0.25) is 24.2 Å². The van der Waals surface area contributed by atoms with Crippen molar-refractivity contribution in [2.75, 3.05) is 63.1 Å². The number of phenolic OH excluding ortho intramolecular Hbond substituents is 2. The second-order valence-corrected chi connectivity index (χ2v) is 22.2. The van der Waals surface area contributed by atoms with E-state index < -0.39 is 101 Å². The first kappa shape index (κ1) is 56.8. The number of hydrogen-bond donors (Lipinski definition) is 5. The summed E-state index contributed by atoms with van der Waals surface area (Å²) >= 11 is 0. The highest BCUT2D eigenvalue weighted by molar-refractivity contribution is 6.21. The van der Waals surface area contributed by atoms with Crippen molar-refractivity contribution < 1.29 is 62.9 Å². The predicted octanol–water partition coefficient (Wildman–Crippen LogP) is 6.00. The number of ether oxygens (including phenoxy) is 4. The number of likely N-dealkylation sites (tertiary alicyclic amines) is 1. The number of benzene rings is 3. The molecule has 6 aliphatic rings. The van der Waals surface area contributed by atoms with Crippen LogP contribution in [0.15, 0.2) is 70.4 Å². The smallest absolute Gasteiger partial charge is 0.315 e. The molecular weight excluding hydrogens is 992 g/mol. The Labute approximate surface area is 448 Å². The number of allylic oxidation sites excluding steroid dienone is 2. The number of halogens is 1. The third kappa shape index (κ3) is 11.5. The van der Waals surface area contributed by atoms with Crippen molar-refractivity contribution in [2.24, 2.45) is 39.6 Å². The van der Waals surface area contributed by atoms with E-state index in [1.165, 1.54) is 51.5 Å². The number of nitrogens with zero attached hydrogens (tertiary/aromatic N) is 5. The lowest BCUT2D eigenvalue weighted by Crippen LogP contribution is -2.47. The van der Waals surface area contributed by atoms with Crippen LogP contribution in [0.3, 0.4) is 0 Å². The molecule has 0 radical (unpaired) electrons. The number of carbonyl (C=O) groups excluding carboxylic acids is 4. The molecule has 0 aromatic heterocycles. The number of esters is 1. The molecule has 3 aromatic rings. The van der Waals surface area contributed by atoms with Gasteiger partial charge in [-0.1, -0.05) is 59.8 Å². The minimum absolute atomic E-state index is 0.0140. The van der Waals surface area contributed by atoms with Gasteiger partial charge in [-0.2, -0.15) is 0 Å². The average molecular weight is 1070 g/mol. The van der Waals surface area contributed by atoms with Crippen molar-refractivity contribution in [1.82, 2.24) is 9.80 Å². The highest BCUT2D eigenvalue weighted by Crippen LogP contribution is 2.51. The quantitative estimate of drug-likeness (QED) is 0.104. The van der Waals surface area contributed by atoms with Crippen LogP contribution in [0.2, 0.25) is 0 Å². The molecule has 0 unspecified atom stereocenters. The number of methoxy groups -OCH3 is 1. The summed E-state index contributed by atoms with van der Waals surface area (Å²) < 4.78 is 38.4. The van der Waals surface area contributed by atoms with Gasteiger partial charge in [0, 0.05) is 119 Å². The molecule has 9 rings (SSSR count). The Bertz CT molecular complexity index is 2990. The van der Waals surface area contributed by atoms with Crippen LogP contribution in [0.25, 0.3) is 10.8 Å². The fourth-order valence-corrected chi connectivity index (χ4v) is 11.6. The van der Waals surface area contributed by atoms with Gasteiger partial charge in [0.1, 0.15) is 46.2 Å². The Morgan fingerprint density at radius 2 is 1.60 bits per heavy atom. The molecule has 9 atom stereocenters. The van der Waals surface area contributed by atoms with Crippen LogP contribution in [0, 0.1) is 42.3 Å². The third-order valence-corrected chi connectivity index (χ3v) is 16.2. The number of aromatic hydroxyl groups is 2. The van der Waals surface area contributed by atoms with Crippen LogP contribution in [0.1, 0.15) is 97.0 Å². The molecule has 2 fully saturated rings. The number of ketones is 1.